The molecule has 2 rings (SSSR count). The van der Waals surface area contributed by atoms with Crippen LogP contribution in [-0.4, -0.2) is 34.2 Å². The van der Waals surface area contributed by atoms with Crippen LogP contribution in [0.2, 0.25) is 0 Å². The number of nitrogens with one attached hydrogen (secondary N) is 2. The third-order valence-electron chi connectivity index (χ3n) is 3.94. The summed E-state index contributed by atoms with van der Waals surface area (Å²) in [6.07, 6.45) is 2.70. The molecule has 0 aromatic heterocycles. The van der Waals surface area contributed by atoms with Crippen LogP contribution in [0.5, 0.6) is 5.75 Å². The number of methoxy groups -OCH3 is 1. The SMILES string of the molecule is COc1cccc(CCCNC(=O)c2cccc(NS(C)(=O)=O)c2C)c1. The number of hydrogen-bond donors (Lipinski definition) is 2. The fourth-order valence-corrected chi connectivity index (χ4v) is 3.23. The summed E-state index contributed by atoms with van der Waals surface area (Å²) in [5.41, 5.74) is 2.62. The second kappa shape index (κ2) is 8.71. The van der Waals surface area contributed by atoms with Gasteiger partial charge in [-0.1, -0.05) is 18.2 Å². The summed E-state index contributed by atoms with van der Waals surface area (Å²) in [6, 6.07) is 12.8. The molecular formula is C19H24N2O4S. The Balaban J connectivity index is 1.92. The molecule has 2 aromatic rings. The lowest BCUT2D eigenvalue weighted by atomic mass is 10.1. The highest BCUT2D eigenvalue weighted by Gasteiger charge is 2.13. The Kier molecular flexibility index (Phi) is 6.63. The van der Waals surface area contributed by atoms with Crippen LogP contribution in [0, 0.1) is 6.92 Å². The van der Waals surface area contributed by atoms with E-state index in [-0.39, 0.29) is 5.91 Å². The molecule has 140 valence electrons. The molecule has 26 heavy (non-hydrogen) atoms. The maximum atomic E-state index is 12.4. The number of carbonyl (C=O) groups excluding carboxylic acids is 1. The molecule has 0 radical (unpaired) electrons. The fraction of sp³-hybridized carbons (Fsp3) is 0.316. The van der Waals surface area contributed by atoms with E-state index in [1.54, 1.807) is 32.2 Å². The molecule has 0 fully saturated rings. The molecule has 0 heterocycles. The predicted molar refractivity (Wildman–Crippen MR) is 103 cm³/mol. The molecule has 0 saturated heterocycles. The monoisotopic (exact) mass is 376 g/mol. The highest BCUT2D eigenvalue weighted by Crippen LogP contribution is 2.20. The molecule has 0 aliphatic heterocycles. The molecule has 7 heteroatoms. The predicted octanol–water partition coefficient (Wildman–Crippen LogP) is 2.74. The van der Waals surface area contributed by atoms with Crippen LogP contribution in [0.25, 0.3) is 0 Å². The molecule has 0 aliphatic rings. The molecule has 0 saturated carbocycles. The highest BCUT2D eigenvalue weighted by atomic mass is 32.2. The van der Waals surface area contributed by atoms with Crippen molar-refractivity contribution in [3.63, 3.8) is 0 Å². The summed E-state index contributed by atoms with van der Waals surface area (Å²) in [4.78, 5) is 12.4. The number of amides is 1. The molecule has 0 bridgehead atoms. The van der Waals surface area contributed by atoms with Gasteiger partial charge < -0.3 is 10.1 Å². The molecule has 0 atom stereocenters. The molecule has 0 unspecified atom stereocenters. The first kappa shape index (κ1) is 19.8. The zero-order valence-electron chi connectivity index (χ0n) is 15.2. The number of benzene rings is 2. The van der Waals surface area contributed by atoms with Crippen molar-refractivity contribution in [2.45, 2.75) is 19.8 Å². The molecule has 2 aromatic carbocycles. The molecular weight excluding hydrogens is 352 g/mol. The van der Waals surface area contributed by atoms with Gasteiger partial charge in [0, 0.05) is 12.1 Å². The van der Waals surface area contributed by atoms with E-state index in [0.717, 1.165) is 30.4 Å². The van der Waals surface area contributed by atoms with Crippen LogP contribution >= 0.6 is 0 Å². The number of hydrogen-bond acceptors (Lipinski definition) is 4. The Bertz CT molecular complexity index is 879. The van der Waals surface area contributed by atoms with E-state index < -0.39 is 10.0 Å². The van der Waals surface area contributed by atoms with E-state index in [2.05, 4.69) is 10.0 Å². The van der Waals surface area contributed by atoms with Crippen LogP contribution in [0.1, 0.15) is 27.9 Å². The molecule has 0 aliphatic carbocycles. The molecule has 6 nitrogen and oxygen atoms in total. The van der Waals surface area contributed by atoms with Gasteiger partial charge in [-0.2, -0.15) is 0 Å². The van der Waals surface area contributed by atoms with E-state index in [0.29, 0.717) is 23.4 Å². The van der Waals surface area contributed by atoms with Gasteiger partial charge in [0.1, 0.15) is 5.75 Å². The van der Waals surface area contributed by atoms with Crippen molar-refractivity contribution in [3.05, 3.63) is 59.2 Å². The van der Waals surface area contributed by atoms with Crippen LogP contribution in [-0.2, 0) is 16.4 Å². The zero-order chi connectivity index (χ0) is 19.2. The van der Waals surface area contributed by atoms with Crippen molar-refractivity contribution in [2.75, 3.05) is 24.6 Å². The third kappa shape index (κ3) is 5.77. The van der Waals surface area contributed by atoms with Gasteiger partial charge in [-0.3, -0.25) is 9.52 Å². The van der Waals surface area contributed by atoms with Gasteiger partial charge in [-0.05, 0) is 55.2 Å². The smallest absolute Gasteiger partial charge is 0.251 e. The summed E-state index contributed by atoms with van der Waals surface area (Å²) in [5, 5.41) is 2.88. The number of rotatable bonds is 8. The normalized spacial score (nSPS) is 11.0. The quantitative estimate of drug-likeness (QED) is 0.694. The van der Waals surface area contributed by atoms with Crippen LogP contribution in [0.15, 0.2) is 42.5 Å². The Morgan fingerprint density at radius 1 is 1.15 bits per heavy atom. The van der Waals surface area contributed by atoms with Gasteiger partial charge in [0.25, 0.3) is 5.91 Å². The number of anilines is 1. The third-order valence-corrected chi connectivity index (χ3v) is 4.53. The first-order valence-electron chi connectivity index (χ1n) is 8.28. The van der Waals surface area contributed by atoms with E-state index in [9.17, 15) is 13.2 Å². The van der Waals surface area contributed by atoms with Crippen LogP contribution in [0.3, 0.4) is 0 Å². The van der Waals surface area contributed by atoms with E-state index in [1.807, 2.05) is 24.3 Å². The first-order valence-corrected chi connectivity index (χ1v) is 10.2. The summed E-state index contributed by atoms with van der Waals surface area (Å²) >= 11 is 0. The van der Waals surface area contributed by atoms with Gasteiger partial charge >= 0.3 is 0 Å². The topological polar surface area (TPSA) is 84.5 Å². The average Bonchev–Trinajstić information content (AvgIpc) is 2.59. The van der Waals surface area contributed by atoms with Gasteiger partial charge in [-0.25, -0.2) is 8.42 Å². The van der Waals surface area contributed by atoms with Crippen LogP contribution in [0.4, 0.5) is 5.69 Å². The Morgan fingerprint density at radius 2 is 1.88 bits per heavy atom. The lowest BCUT2D eigenvalue weighted by molar-refractivity contribution is 0.0952. The first-order chi connectivity index (χ1) is 12.3. The second-order valence-corrected chi connectivity index (χ2v) is 7.81. The van der Waals surface area contributed by atoms with Crippen molar-refractivity contribution in [1.82, 2.24) is 5.32 Å². The van der Waals surface area contributed by atoms with Gasteiger partial charge in [0.05, 0.1) is 19.1 Å². The molecule has 2 N–H and O–H groups in total. The van der Waals surface area contributed by atoms with Crippen molar-refractivity contribution in [2.24, 2.45) is 0 Å². The minimum Gasteiger partial charge on any atom is -0.497 e. The number of carbonyl (C=O) groups is 1. The molecule has 1 amide bonds. The maximum Gasteiger partial charge on any atom is 0.251 e. The largest absolute Gasteiger partial charge is 0.497 e. The summed E-state index contributed by atoms with van der Waals surface area (Å²) in [5.74, 6) is 0.600. The number of aryl methyl sites for hydroxylation is 1. The van der Waals surface area contributed by atoms with Crippen LogP contribution < -0.4 is 14.8 Å². The summed E-state index contributed by atoms with van der Waals surface area (Å²) < 4.78 is 30.4. The Labute approximate surface area is 154 Å². The van der Waals surface area contributed by atoms with E-state index in [1.165, 1.54) is 0 Å². The molecule has 0 spiro atoms. The standard InChI is InChI=1S/C19H24N2O4S/c1-14-17(10-5-11-18(14)21-26(3,23)24)19(22)20-12-6-8-15-7-4-9-16(13-15)25-2/h4-5,7,9-11,13,21H,6,8,12H2,1-3H3,(H,20,22). The van der Waals surface area contributed by atoms with Crippen molar-refractivity contribution >= 4 is 21.6 Å². The minimum atomic E-state index is -3.39. The zero-order valence-corrected chi connectivity index (χ0v) is 16.0. The summed E-state index contributed by atoms with van der Waals surface area (Å²) in [7, 11) is -1.76. The lowest BCUT2D eigenvalue weighted by Gasteiger charge is -2.12. The van der Waals surface area contributed by atoms with Crippen molar-refractivity contribution in [3.8, 4) is 5.75 Å². The van der Waals surface area contributed by atoms with Gasteiger partial charge in [0.15, 0.2) is 0 Å². The number of ether oxygens (including phenoxy) is 1. The fourth-order valence-electron chi connectivity index (χ4n) is 2.61. The van der Waals surface area contributed by atoms with Gasteiger partial charge in [-0.15, -0.1) is 0 Å². The van der Waals surface area contributed by atoms with E-state index in [4.69, 9.17) is 4.74 Å². The van der Waals surface area contributed by atoms with Crippen molar-refractivity contribution < 1.29 is 17.9 Å². The minimum absolute atomic E-state index is 0.217. The maximum absolute atomic E-state index is 12.4. The highest BCUT2D eigenvalue weighted by molar-refractivity contribution is 7.92. The average molecular weight is 376 g/mol. The summed E-state index contributed by atoms with van der Waals surface area (Å²) in [6.45, 7) is 2.25. The Hall–Kier alpha value is -2.54. The van der Waals surface area contributed by atoms with Crippen molar-refractivity contribution in [1.29, 1.82) is 0 Å². The lowest BCUT2D eigenvalue weighted by Crippen LogP contribution is -2.26. The Morgan fingerprint density at radius 3 is 2.58 bits per heavy atom. The van der Waals surface area contributed by atoms with E-state index >= 15 is 0 Å². The second-order valence-electron chi connectivity index (χ2n) is 6.06. The number of sulfonamides is 1. The van der Waals surface area contributed by atoms with Gasteiger partial charge in [0.2, 0.25) is 10.0 Å².